The van der Waals surface area contributed by atoms with Crippen LogP contribution in [0.5, 0.6) is 0 Å². The van der Waals surface area contributed by atoms with E-state index in [9.17, 15) is 9.59 Å². The number of methoxy groups -OCH3 is 1. The summed E-state index contributed by atoms with van der Waals surface area (Å²) in [4.78, 5) is 23.8. The summed E-state index contributed by atoms with van der Waals surface area (Å²) in [6.45, 7) is 10.3. The lowest BCUT2D eigenvalue weighted by Crippen LogP contribution is -2.34. The van der Waals surface area contributed by atoms with Gasteiger partial charge in [0, 0.05) is 0 Å². The van der Waals surface area contributed by atoms with E-state index in [1.807, 2.05) is 30.3 Å². The maximum Gasteiger partial charge on any atom is 0.412 e. The van der Waals surface area contributed by atoms with Gasteiger partial charge in [0.1, 0.15) is 11.3 Å². The molecule has 7 heteroatoms. The fraction of sp³-hybridized carbons (Fsp3) is 0.545. The van der Waals surface area contributed by atoms with Crippen molar-refractivity contribution in [2.24, 2.45) is 5.92 Å². The predicted molar refractivity (Wildman–Crippen MR) is 110 cm³/mol. The summed E-state index contributed by atoms with van der Waals surface area (Å²) >= 11 is 0. The van der Waals surface area contributed by atoms with Gasteiger partial charge in [-0.1, -0.05) is 44.2 Å². The van der Waals surface area contributed by atoms with Crippen LogP contribution in [-0.2, 0) is 30.3 Å². The maximum absolute atomic E-state index is 11.9. The maximum atomic E-state index is 11.9. The van der Waals surface area contributed by atoms with Gasteiger partial charge in [0.15, 0.2) is 0 Å². The third-order valence-corrected chi connectivity index (χ3v) is 3.78. The Kier molecular flexibility index (Phi) is 10.4. The molecule has 29 heavy (non-hydrogen) atoms. The van der Waals surface area contributed by atoms with Crippen molar-refractivity contribution in [3.05, 3.63) is 47.7 Å². The Morgan fingerprint density at radius 2 is 1.79 bits per heavy atom. The lowest BCUT2D eigenvalue weighted by molar-refractivity contribution is -0.136. The van der Waals surface area contributed by atoms with Crippen LogP contribution in [0.4, 0.5) is 4.79 Å². The number of carbonyl (C=O) groups is 2. The SMILES string of the molecule is COC(=O)/C(=C/COC[C@@H](OCc1ccccc1)C(C)C)NC(=O)OC(C)(C)C. The smallest absolute Gasteiger partial charge is 0.412 e. The minimum Gasteiger partial charge on any atom is -0.464 e. The fourth-order valence-corrected chi connectivity index (χ4v) is 2.25. The molecule has 0 fully saturated rings. The molecule has 0 aliphatic rings. The monoisotopic (exact) mass is 407 g/mol. The highest BCUT2D eigenvalue weighted by Gasteiger charge is 2.20. The third-order valence-electron chi connectivity index (χ3n) is 3.78. The van der Waals surface area contributed by atoms with Gasteiger partial charge >= 0.3 is 12.1 Å². The van der Waals surface area contributed by atoms with Crippen LogP contribution in [0.3, 0.4) is 0 Å². The number of rotatable bonds is 10. The van der Waals surface area contributed by atoms with E-state index < -0.39 is 17.7 Å². The number of nitrogens with one attached hydrogen (secondary N) is 1. The van der Waals surface area contributed by atoms with Crippen molar-refractivity contribution in [2.45, 2.75) is 52.9 Å². The van der Waals surface area contributed by atoms with Crippen LogP contribution in [0.25, 0.3) is 0 Å². The normalized spacial score (nSPS) is 13.1. The lowest BCUT2D eigenvalue weighted by atomic mass is 10.1. The Hall–Kier alpha value is -2.38. The second-order valence-corrected chi connectivity index (χ2v) is 7.85. The van der Waals surface area contributed by atoms with Crippen molar-refractivity contribution >= 4 is 12.1 Å². The van der Waals surface area contributed by atoms with E-state index in [0.29, 0.717) is 13.2 Å². The molecule has 0 saturated heterocycles. The van der Waals surface area contributed by atoms with E-state index in [2.05, 4.69) is 23.9 Å². The number of alkyl carbamates (subject to hydrolysis) is 1. The molecule has 0 heterocycles. The van der Waals surface area contributed by atoms with Gasteiger partial charge < -0.3 is 18.9 Å². The highest BCUT2D eigenvalue weighted by Crippen LogP contribution is 2.12. The van der Waals surface area contributed by atoms with Crippen LogP contribution in [-0.4, -0.2) is 44.1 Å². The van der Waals surface area contributed by atoms with Gasteiger partial charge in [0.2, 0.25) is 0 Å². The topological polar surface area (TPSA) is 83.1 Å². The predicted octanol–water partition coefficient (Wildman–Crippen LogP) is 3.83. The first-order chi connectivity index (χ1) is 13.6. The number of carbonyl (C=O) groups excluding carboxylic acids is 2. The molecule has 7 nitrogen and oxygen atoms in total. The minimum atomic E-state index is -0.736. The highest BCUT2D eigenvalue weighted by atomic mass is 16.6. The highest BCUT2D eigenvalue weighted by molar-refractivity contribution is 5.92. The first kappa shape index (κ1) is 24.7. The summed E-state index contributed by atoms with van der Waals surface area (Å²) < 4.78 is 21.5. The zero-order chi connectivity index (χ0) is 21.9. The molecule has 0 unspecified atom stereocenters. The molecule has 1 aromatic carbocycles. The molecule has 0 radical (unpaired) electrons. The van der Waals surface area contributed by atoms with Crippen molar-refractivity contribution in [1.29, 1.82) is 0 Å². The van der Waals surface area contributed by atoms with Crippen molar-refractivity contribution < 1.29 is 28.5 Å². The van der Waals surface area contributed by atoms with Gasteiger partial charge in [0.05, 0.1) is 33.0 Å². The summed E-state index contributed by atoms with van der Waals surface area (Å²) in [5.74, 6) is -0.428. The third kappa shape index (κ3) is 10.7. The van der Waals surface area contributed by atoms with Crippen LogP contribution < -0.4 is 5.32 Å². The van der Waals surface area contributed by atoms with Gasteiger partial charge in [-0.2, -0.15) is 0 Å². The zero-order valence-electron chi connectivity index (χ0n) is 18.2. The number of hydrogen-bond acceptors (Lipinski definition) is 6. The molecular formula is C22H33NO6. The first-order valence-electron chi connectivity index (χ1n) is 9.64. The van der Waals surface area contributed by atoms with Crippen molar-refractivity contribution in [3.8, 4) is 0 Å². The van der Waals surface area contributed by atoms with E-state index in [1.54, 1.807) is 20.8 Å². The average molecular weight is 408 g/mol. The second-order valence-electron chi connectivity index (χ2n) is 7.85. The zero-order valence-corrected chi connectivity index (χ0v) is 18.2. The fourth-order valence-electron chi connectivity index (χ4n) is 2.25. The molecule has 0 aromatic heterocycles. The van der Waals surface area contributed by atoms with E-state index in [1.165, 1.54) is 13.2 Å². The van der Waals surface area contributed by atoms with E-state index >= 15 is 0 Å². The second kappa shape index (κ2) is 12.2. The number of hydrogen-bond donors (Lipinski definition) is 1. The number of esters is 1. The van der Waals surface area contributed by atoms with Gasteiger partial charge in [-0.3, -0.25) is 5.32 Å². The molecule has 1 N–H and O–H groups in total. The lowest BCUT2D eigenvalue weighted by Gasteiger charge is -2.21. The minimum absolute atomic E-state index is 0.0342. The molecular weight excluding hydrogens is 374 g/mol. The Balaban J connectivity index is 2.57. The largest absolute Gasteiger partial charge is 0.464 e. The molecule has 0 bridgehead atoms. The Bertz CT molecular complexity index is 664. The van der Waals surface area contributed by atoms with Crippen LogP contribution in [0.2, 0.25) is 0 Å². The number of ether oxygens (including phenoxy) is 4. The summed E-state index contributed by atoms with van der Waals surface area (Å²) in [5.41, 5.74) is 0.378. The molecule has 0 aliphatic heterocycles. The van der Waals surface area contributed by atoms with Crippen LogP contribution >= 0.6 is 0 Å². The Labute approximate surface area is 173 Å². The quantitative estimate of drug-likeness (QED) is 0.361. The molecule has 0 aliphatic carbocycles. The molecule has 1 aromatic rings. The standard InChI is InChI=1S/C22H33NO6/c1-16(2)19(28-14-17-10-8-7-9-11-17)15-27-13-12-18(20(24)26-6)23-21(25)29-22(3,4)5/h7-12,16,19H,13-15H2,1-6H3,(H,23,25)/b18-12-/t19-/m1/s1. The van der Waals surface area contributed by atoms with Crippen molar-refractivity contribution in [2.75, 3.05) is 20.3 Å². The average Bonchev–Trinajstić information content (AvgIpc) is 2.64. The molecule has 1 atom stereocenters. The van der Waals surface area contributed by atoms with E-state index in [0.717, 1.165) is 5.56 Å². The van der Waals surface area contributed by atoms with Crippen molar-refractivity contribution in [1.82, 2.24) is 5.32 Å². The summed E-state index contributed by atoms with van der Waals surface area (Å²) in [6.07, 6.45) is 0.606. The van der Waals surface area contributed by atoms with Crippen LogP contribution in [0.15, 0.2) is 42.1 Å². The molecule has 1 amide bonds. The van der Waals surface area contributed by atoms with Gasteiger partial charge in [-0.25, -0.2) is 9.59 Å². The van der Waals surface area contributed by atoms with E-state index in [4.69, 9.17) is 14.2 Å². The van der Waals surface area contributed by atoms with E-state index in [-0.39, 0.29) is 24.3 Å². The first-order valence-corrected chi connectivity index (χ1v) is 9.64. The van der Waals surface area contributed by atoms with Crippen LogP contribution in [0.1, 0.15) is 40.2 Å². The molecule has 162 valence electrons. The van der Waals surface area contributed by atoms with Gasteiger partial charge in [-0.15, -0.1) is 0 Å². The summed E-state index contributed by atoms with van der Waals surface area (Å²) in [6, 6.07) is 9.91. The van der Waals surface area contributed by atoms with Crippen LogP contribution in [0, 0.1) is 5.92 Å². The summed E-state index contributed by atoms with van der Waals surface area (Å²) in [7, 11) is 1.24. The Morgan fingerprint density at radius 3 is 2.34 bits per heavy atom. The molecule has 1 rings (SSSR count). The number of benzene rings is 1. The summed E-state index contributed by atoms with van der Waals surface area (Å²) in [5, 5.41) is 2.40. The molecule has 0 spiro atoms. The van der Waals surface area contributed by atoms with Crippen molar-refractivity contribution in [3.63, 3.8) is 0 Å². The number of amides is 1. The van der Waals surface area contributed by atoms with Gasteiger partial charge in [0.25, 0.3) is 0 Å². The molecule has 0 saturated carbocycles. The van der Waals surface area contributed by atoms with Gasteiger partial charge in [-0.05, 0) is 38.3 Å². The Morgan fingerprint density at radius 1 is 1.14 bits per heavy atom.